The second-order valence-electron chi connectivity index (χ2n) is 6.78. The highest BCUT2D eigenvalue weighted by Crippen LogP contribution is 2.26. The number of nitrogens with zero attached hydrogens (tertiary/aromatic N) is 3. The molecule has 0 unspecified atom stereocenters. The largest absolute Gasteiger partial charge is 0.507 e. The highest BCUT2D eigenvalue weighted by molar-refractivity contribution is 6.10. The number of unbranched alkanes of at least 4 members (excludes halogenated alkanes) is 5. The number of aromatic hydroxyl groups is 1. The van der Waals surface area contributed by atoms with Gasteiger partial charge in [0.2, 0.25) is 0 Å². The molecular formula is C24H29N3O3. The van der Waals surface area contributed by atoms with Crippen molar-refractivity contribution in [3.63, 3.8) is 0 Å². The molecule has 0 saturated carbocycles. The summed E-state index contributed by atoms with van der Waals surface area (Å²) in [7, 11) is 0. The lowest BCUT2D eigenvalue weighted by molar-refractivity contribution is 0.103. The van der Waals surface area contributed by atoms with E-state index in [4.69, 9.17) is 4.74 Å². The van der Waals surface area contributed by atoms with Crippen LogP contribution in [0.3, 0.4) is 0 Å². The van der Waals surface area contributed by atoms with E-state index in [9.17, 15) is 9.90 Å². The Hall–Kier alpha value is -3.28. The lowest BCUT2D eigenvalue weighted by Gasteiger charge is -2.09. The molecule has 0 amide bonds. The van der Waals surface area contributed by atoms with Crippen LogP contribution in [0.5, 0.6) is 11.5 Å². The Morgan fingerprint density at radius 2 is 1.50 bits per heavy atom. The molecule has 1 N–H and O–H groups in total. The summed E-state index contributed by atoms with van der Waals surface area (Å²) in [4.78, 5) is 23.1. The van der Waals surface area contributed by atoms with Crippen molar-refractivity contribution in [3.05, 3.63) is 78.6 Å². The zero-order valence-corrected chi connectivity index (χ0v) is 17.4. The number of rotatable bonds is 10. The minimum Gasteiger partial charge on any atom is -0.507 e. The third kappa shape index (κ3) is 8.39. The Balaban J connectivity index is 0.000000456. The summed E-state index contributed by atoms with van der Waals surface area (Å²) in [5, 5.41) is 10.1. The fourth-order valence-corrected chi connectivity index (χ4v) is 2.82. The van der Waals surface area contributed by atoms with E-state index in [-0.39, 0.29) is 11.5 Å². The summed E-state index contributed by atoms with van der Waals surface area (Å²) in [5.41, 5.74) is 0.863. The van der Waals surface area contributed by atoms with Crippen molar-refractivity contribution in [3.8, 4) is 11.5 Å². The highest BCUT2D eigenvalue weighted by atomic mass is 16.5. The van der Waals surface area contributed by atoms with Crippen molar-refractivity contribution in [1.82, 2.24) is 15.0 Å². The first-order chi connectivity index (χ1) is 14.7. The maximum absolute atomic E-state index is 12.4. The Labute approximate surface area is 178 Å². The summed E-state index contributed by atoms with van der Waals surface area (Å²) in [6.45, 7) is 2.85. The number of aromatic nitrogens is 3. The van der Waals surface area contributed by atoms with Crippen LogP contribution >= 0.6 is 0 Å². The Kier molecular flexibility index (Phi) is 10.6. The lowest BCUT2D eigenvalue weighted by atomic mass is 10.0. The van der Waals surface area contributed by atoms with E-state index in [2.05, 4.69) is 21.9 Å². The van der Waals surface area contributed by atoms with Gasteiger partial charge in [0.25, 0.3) is 0 Å². The molecule has 0 aliphatic heterocycles. The van der Waals surface area contributed by atoms with Gasteiger partial charge in [0, 0.05) is 11.6 Å². The van der Waals surface area contributed by atoms with Gasteiger partial charge in [-0.15, -0.1) is 0 Å². The van der Waals surface area contributed by atoms with Crippen LogP contribution < -0.4 is 4.74 Å². The standard InChI is InChI=1S/C21H26O3.C3H3N3/c1-2-3-4-5-6-10-15-24-18-13-14-19(20(22)16-18)21(23)17-11-8-7-9-12-17;1-4-2-6-3-5-1/h7-9,11-14,16,22H,2-6,10,15H2,1H3;1-3H. The first-order valence-electron chi connectivity index (χ1n) is 10.3. The second kappa shape index (κ2) is 13.8. The van der Waals surface area contributed by atoms with E-state index < -0.39 is 0 Å². The van der Waals surface area contributed by atoms with Gasteiger partial charge >= 0.3 is 0 Å². The van der Waals surface area contributed by atoms with Gasteiger partial charge in [0.1, 0.15) is 30.5 Å². The number of ether oxygens (including phenoxy) is 1. The Bertz CT molecular complexity index is 831. The van der Waals surface area contributed by atoms with Crippen molar-refractivity contribution < 1.29 is 14.6 Å². The lowest BCUT2D eigenvalue weighted by Crippen LogP contribution is -2.02. The molecule has 0 fully saturated rings. The molecule has 158 valence electrons. The van der Waals surface area contributed by atoms with Gasteiger partial charge in [-0.2, -0.15) is 0 Å². The number of benzene rings is 2. The van der Waals surface area contributed by atoms with Crippen molar-refractivity contribution in [2.75, 3.05) is 6.61 Å². The summed E-state index contributed by atoms with van der Waals surface area (Å²) in [6, 6.07) is 13.8. The van der Waals surface area contributed by atoms with E-state index in [1.54, 1.807) is 24.3 Å². The molecule has 0 bridgehead atoms. The molecular weight excluding hydrogens is 378 g/mol. The topological polar surface area (TPSA) is 85.2 Å². The zero-order chi connectivity index (χ0) is 21.4. The van der Waals surface area contributed by atoms with Crippen molar-refractivity contribution >= 4 is 5.78 Å². The molecule has 2 aromatic carbocycles. The summed E-state index contributed by atoms with van der Waals surface area (Å²) in [5.74, 6) is 0.380. The van der Waals surface area contributed by atoms with E-state index in [0.29, 0.717) is 23.5 Å². The monoisotopic (exact) mass is 407 g/mol. The minimum atomic E-state index is -0.185. The molecule has 0 aliphatic carbocycles. The molecule has 0 saturated heterocycles. The van der Waals surface area contributed by atoms with E-state index in [0.717, 1.165) is 12.8 Å². The average molecular weight is 408 g/mol. The molecule has 6 heteroatoms. The highest BCUT2D eigenvalue weighted by Gasteiger charge is 2.13. The molecule has 1 heterocycles. The molecule has 0 atom stereocenters. The van der Waals surface area contributed by atoms with Crippen LogP contribution in [0.2, 0.25) is 0 Å². The predicted molar refractivity (Wildman–Crippen MR) is 117 cm³/mol. The van der Waals surface area contributed by atoms with Gasteiger partial charge in [0.15, 0.2) is 5.78 Å². The fraction of sp³-hybridized carbons (Fsp3) is 0.333. The molecule has 0 spiro atoms. The summed E-state index contributed by atoms with van der Waals surface area (Å²) >= 11 is 0. The summed E-state index contributed by atoms with van der Waals surface area (Å²) in [6.07, 6.45) is 11.6. The molecule has 0 radical (unpaired) electrons. The van der Waals surface area contributed by atoms with Crippen LogP contribution in [0, 0.1) is 0 Å². The quantitative estimate of drug-likeness (QED) is 0.366. The third-order valence-electron chi connectivity index (χ3n) is 4.42. The van der Waals surface area contributed by atoms with E-state index in [1.165, 1.54) is 50.7 Å². The number of carbonyl (C=O) groups is 1. The van der Waals surface area contributed by atoms with E-state index in [1.807, 2.05) is 18.2 Å². The van der Waals surface area contributed by atoms with Crippen LogP contribution in [-0.4, -0.2) is 32.4 Å². The SMILES string of the molecule is CCCCCCCCOc1ccc(C(=O)c2ccccc2)c(O)c1.c1ncncn1. The van der Waals surface area contributed by atoms with Crippen LogP contribution in [0.25, 0.3) is 0 Å². The molecule has 1 aromatic heterocycles. The first kappa shape index (κ1) is 23.0. The number of phenols is 1. The first-order valence-corrected chi connectivity index (χ1v) is 10.3. The average Bonchev–Trinajstić information content (AvgIpc) is 2.80. The van der Waals surface area contributed by atoms with Crippen LogP contribution in [0.4, 0.5) is 0 Å². The van der Waals surface area contributed by atoms with Gasteiger partial charge in [-0.3, -0.25) is 4.79 Å². The number of ketones is 1. The van der Waals surface area contributed by atoms with Crippen molar-refractivity contribution in [1.29, 1.82) is 0 Å². The van der Waals surface area contributed by atoms with Crippen molar-refractivity contribution in [2.45, 2.75) is 45.4 Å². The fourth-order valence-electron chi connectivity index (χ4n) is 2.82. The van der Waals surface area contributed by atoms with Crippen LogP contribution in [0.1, 0.15) is 61.4 Å². The molecule has 6 nitrogen and oxygen atoms in total. The van der Waals surface area contributed by atoms with Gasteiger partial charge in [-0.1, -0.05) is 69.4 Å². The Morgan fingerprint density at radius 3 is 2.10 bits per heavy atom. The maximum Gasteiger partial charge on any atom is 0.196 e. The number of carbonyl (C=O) groups excluding carboxylic acids is 1. The second-order valence-corrected chi connectivity index (χ2v) is 6.78. The third-order valence-corrected chi connectivity index (χ3v) is 4.42. The van der Waals surface area contributed by atoms with E-state index >= 15 is 0 Å². The molecule has 3 rings (SSSR count). The molecule has 0 aliphatic rings. The summed E-state index contributed by atoms with van der Waals surface area (Å²) < 4.78 is 5.66. The minimum absolute atomic E-state index is 0.0377. The number of hydrogen-bond acceptors (Lipinski definition) is 6. The smallest absolute Gasteiger partial charge is 0.196 e. The van der Waals surface area contributed by atoms with Crippen LogP contribution in [-0.2, 0) is 0 Å². The zero-order valence-electron chi connectivity index (χ0n) is 17.4. The normalized spacial score (nSPS) is 10.0. The molecule has 30 heavy (non-hydrogen) atoms. The number of phenolic OH excluding ortho intramolecular Hbond substituents is 1. The number of hydrogen-bond donors (Lipinski definition) is 1. The van der Waals surface area contributed by atoms with Gasteiger partial charge in [-0.05, 0) is 18.6 Å². The molecule has 3 aromatic rings. The Morgan fingerprint density at radius 1 is 0.867 bits per heavy atom. The van der Waals surface area contributed by atoms with Gasteiger partial charge in [-0.25, -0.2) is 15.0 Å². The van der Waals surface area contributed by atoms with Crippen LogP contribution in [0.15, 0.2) is 67.5 Å². The predicted octanol–water partition coefficient (Wildman–Crippen LogP) is 5.23. The maximum atomic E-state index is 12.4. The van der Waals surface area contributed by atoms with Gasteiger partial charge in [0.05, 0.1) is 12.2 Å². The van der Waals surface area contributed by atoms with Gasteiger partial charge < -0.3 is 9.84 Å². The van der Waals surface area contributed by atoms with Crippen molar-refractivity contribution in [2.24, 2.45) is 0 Å².